The van der Waals surface area contributed by atoms with Crippen molar-refractivity contribution < 1.29 is 34.8 Å². The van der Waals surface area contributed by atoms with E-state index in [4.69, 9.17) is 16.2 Å². The highest BCUT2D eigenvalue weighted by Gasteiger charge is 2.14. The number of hydrogen-bond acceptors (Lipinski definition) is 12. The summed E-state index contributed by atoms with van der Waals surface area (Å²) < 4.78 is 84.2. The van der Waals surface area contributed by atoms with Crippen molar-refractivity contribution in [2.75, 3.05) is 46.2 Å². The third kappa shape index (κ3) is 22.9. The molecular weight excluding hydrogens is 841 g/mol. The SMILES string of the molecule is Cc1ccc(S(=O)(=O)NCCCCCN)cc1.Cc1ccc(S(=O)(=O)NCCCCCNC(=O)OCc2ccccc2)cc1.Cc1ccc(S(=O)(=O)NCNCNCN)cc1. The summed E-state index contributed by atoms with van der Waals surface area (Å²) in [6.45, 7) is 8.94. The average molecular weight is 905 g/mol. The summed E-state index contributed by atoms with van der Waals surface area (Å²) >= 11 is 0. The molecule has 61 heavy (non-hydrogen) atoms. The van der Waals surface area contributed by atoms with Crippen molar-refractivity contribution in [3.05, 3.63) is 125 Å². The molecule has 0 aliphatic rings. The van der Waals surface area contributed by atoms with E-state index in [-0.39, 0.29) is 23.1 Å². The Labute approximate surface area is 363 Å². The number of hydrogen-bond donors (Lipinski definition) is 8. The number of amides is 1. The Morgan fingerprint density at radius 3 is 1.38 bits per heavy atom. The van der Waals surface area contributed by atoms with E-state index in [1.165, 1.54) is 0 Å². The number of nitrogens with two attached hydrogens (primary N) is 2. The van der Waals surface area contributed by atoms with Crippen LogP contribution in [-0.4, -0.2) is 77.5 Å². The van der Waals surface area contributed by atoms with Crippen LogP contribution in [0.3, 0.4) is 0 Å². The summed E-state index contributed by atoms with van der Waals surface area (Å²) in [6.07, 6.45) is 4.52. The molecule has 0 aromatic heterocycles. The lowest BCUT2D eigenvalue weighted by Gasteiger charge is -2.08. The van der Waals surface area contributed by atoms with Crippen LogP contribution in [-0.2, 0) is 41.4 Å². The van der Waals surface area contributed by atoms with E-state index in [0.29, 0.717) is 50.8 Å². The second-order valence-corrected chi connectivity index (χ2v) is 19.1. The molecule has 4 aromatic rings. The molecule has 16 nitrogen and oxygen atoms in total. The topological polar surface area (TPSA) is 253 Å². The number of benzene rings is 4. The van der Waals surface area contributed by atoms with Crippen molar-refractivity contribution in [1.82, 2.24) is 30.1 Å². The third-order valence-electron chi connectivity index (χ3n) is 8.58. The molecule has 1 amide bonds. The van der Waals surface area contributed by atoms with Crippen LogP contribution < -0.4 is 41.6 Å². The molecule has 0 aliphatic carbocycles. The number of ether oxygens (including phenoxy) is 1. The molecule has 0 atom stereocenters. The van der Waals surface area contributed by atoms with Crippen LogP contribution in [0, 0.1) is 20.8 Å². The monoisotopic (exact) mass is 904 g/mol. The Morgan fingerprint density at radius 1 is 0.508 bits per heavy atom. The zero-order valence-electron chi connectivity index (χ0n) is 35.4. The van der Waals surface area contributed by atoms with Gasteiger partial charge in [0.1, 0.15) is 6.61 Å². The molecule has 0 aliphatic heterocycles. The number of nitrogens with one attached hydrogen (secondary N) is 6. The Hall–Kier alpha value is -4.28. The van der Waals surface area contributed by atoms with Crippen molar-refractivity contribution in [3.8, 4) is 0 Å². The zero-order chi connectivity index (χ0) is 45.0. The highest BCUT2D eigenvalue weighted by atomic mass is 32.2. The van der Waals surface area contributed by atoms with Gasteiger partial charge in [-0.25, -0.2) is 39.5 Å². The van der Waals surface area contributed by atoms with E-state index in [0.717, 1.165) is 54.4 Å². The Kier molecular flexibility index (Phi) is 25.2. The first-order chi connectivity index (χ1) is 29.1. The molecule has 10 N–H and O–H groups in total. The smallest absolute Gasteiger partial charge is 0.407 e. The van der Waals surface area contributed by atoms with Gasteiger partial charge in [-0.15, -0.1) is 0 Å². The summed E-state index contributed by atoms with van der Waals surface area (Å²) in [4.78, 5) is 12.4. The highest BCUT2D eigenvalue weighted by Crippen LogP contribution is 2.12. The minimum atomic E-state index is -3.46. The van der Waals surface area contributed by atoms with E-state index in [2.05, 4.69) is 30.1 Å². The number of carbonyl (C=O) groups excluding carboxylic acids is 1. The molecule has 0 fully saturated rings. The van der Waals surface area contributed by atoms with Crippen molar-refractivity contribution >= 4 is 36.2 Å². The van der Waals surface area contributed by atoms with Gasteiger partial charge in [0.2, 0.25) is 30.1 Å². The van der Waals surface area contributed by atoms with Gasteiger partial charge < -0.3 is 21.5 Å². The number of rotatable bonds is 24. The van der Waals surface area contributed by atoms with Crippen LogP contribution in [0.25, 0.3) is 0 Å². The number of unbranched alkanes of at least 4 members (excludes halogenated alkanes) is 4. The molecule has 0 bridgehead atoms. The Morgan fingerprint density at radius 2 is 0.934 bits per heavy atom. The largest absolute Gasteiger partial charge is 0.445 e. The molecule has 19 heteroatoms. The van der Waals surface area contributed by atoms with E-state index in [9.17, 15) is 30.0 Å². The molecule has 0 saturated carbocycles. The van der Waals surface area contributed by atoms with E-state index in [1.807, 2.05) is 51.1 Å². The summed E-state index contributed by atoms with van der Waals surface area (Å²) in [5.41, 5.74) is 14.6. The quantitative estimate of drug-likeness (QED) is 0.0366. The molecule has 0 radical (unpaired) electrons. The van der Waals surface area contributed by atoms with Crippen LogP contribution in [0.1, 0.15) is 60.8 Å². The molecule has 0 saturated heterocycles. The molecule has 4 rings (SSSR count). The van der Waals surface area contributed by atoms with Crippen LogP contribution in [0.4, 0.5) is 4.79 Å². The predicted molar refractivity (Wildman–Crippen MR) is 241 cm³/mol. The normalized spacial score (nSPS) is 11.4. The molecule has 0 unspecified atom stereocenters. The first-order valence-corrected chi connectivity index (χ1v) is 24.5. The van der Waals surface area contributed by atoms with Gasteiger partial charge in [-0.2, -0.15) is 4.72 Å². The Balaban J connectivity index is 0.000000330. The fraction of sp³-hybridized carbons (Fsp3) is 0.405. The fourth-order valence-electron chi connectivity index (χ4n) is 5.02. The highest BCUT2D eigenvalue weighted by molar-refractivity contribution is 7.90. The van der Waals surface area contributed by atoms with Crippen LogP contribution in [0.5, 0.6) is 0 Å². The van der Waals surface area contributed by atoms with Gasteiger partial charge in [-0.3, -0.25) is 10.6 Å². The van der Waals surface area contributed by atoms with Crippen LogP contribution >= 0.6 is 0 Å². The first kappa shape index (κ1) is 52.9. The molecule has 0 heterocycles. The Bertz CT molecular complexity index is 2060. The van der Waals surface area contributed by atoms with E-state index in [1.54, 1.807) is 72.8 Å². The summed E-state index contributed by atoms with van der Waals surface area (Å²) in [7, 11) is -10.2. The van der Waals surface area contributed by atoms with Gasteiger partial charge in [0.25, 0.3) is 0 Å². The van der Waals surface area contributed by atoms with Crippen molar-refractivity contribution in [3.63, 3.8) is 0 Å². The van der Waals surface area contributed by atoms with Gasteiger partial charge in [-0.1, -0.05) is 96.3 Å². The summed E-state index contributed by atoms with van der Waals surface area (Å²) in [5, 5.41) is 8.35. The minimum absolute atomic E-state index is 0.156. The number of alkyl carbamates (subject to hydrolysis) is 1. The number of carbonyl (C=O) groups is 1. The number of aryl methyl sites for hydroxylation is 3. The average Bonchev–Trinajstić information content (AvgIpc) is 3.23. The van der Waals surface area contributed by atoms with Crippen molar-refractivity contribution in [2.45, 2.75) is 80.6 Å². The standard InChI is InChI=1S/C20H26N2O4S.C12H20N2O2S.C10H18N4O2S/c1-17-10-12-19(13-11-17)27(24,25)22-15-7-3-6-14-21-20(23)26-16-18-8-4-2-5-9-18;1-11-5-7-12(8-6-11)17(15,16)14-10-4-2-3-9-13;1-9-2-4-10(5-3-9)17(15,16)14-8-13-7-12-6-11/h2,4-5,8-13,22H,3,6-7,14-16H2,1H3,(H,21,23);5-8,14H,2-4,9-10,13H2,1H3;2-5,12-14H,6-8,11H2,1H3. The molecule has 0 spiro atoms. The predicted octanol–water partition coefficient (Wildman–Crippen LogP) is 4.06. The second kappa shape index (κ2) is 29.1. The van der Waals surface area contributed by atoms with Crippen molar-refractivity contribution in [2.24, 2.45) is 11.5 Å². The second-order valence-electron chi connectivity index (χ2n) is 13.8. The minimum Gasteiger partial charge on any atom is -0.445 e. The lowest BCUT2D eigenvalue weighted by Crippen LogP contribution is -2.40. The molecular formula is C42H64N8O8S3. The van der Waals surface area contributed by atoms with Gasteiger partial charge in [0.05, 0.1) is 21.4 Å². The zero-order valence-corrected chi connectivity index (χ0v) is 37.8. The van der Waals surface area contributed by atoms with Crippen LogP contribution in [0.15, 0.2) is 118 Å². The first-order valence-electron chi connectivity index (χ1n) is 20.0. The van der Waals surface area contributed by atoms with Crippen molar-refractivity contribution in [1.29, 1.82) is 0 Å². The number of sulfonamides is 3. The van der Waals surface area contributed by atoms with Gasteiger partial charge in [0, 0.05) is 33.0 Å². The maximum atomic E-state index is 12.1. The van der Waals surface area contributed by atoms with Gasteiger partial charge >= 0.3 is 6.09 Å². The third-order valence-corrected chi connectivity index (χ3v) is 12.9. The summed E-state index contributed by atoms with van der Waals surface area (Å²) in [6, 6.07) is 29.7. The lowest BCUT2D eigenvalue weighted by molar-refractivity contribution is 0.139. The van der Waals surface area contributed by atoms with Crippen LogP contribution in [0.2, 0.25) is 0 Å². The molecule has 338 valence electrons. The van der Waals surface area contributed by atoms with E-state index < -0.39 is 36.2 Å². The summed E-state index contributed by atoms with van der Waals surface area (Å²) in [5.74, 6) is 0. The molecule has 4 aromatic carbocycles. The van der Waals surface area contributed by atoms with Gasteiger partial charge in [0.15, 0.2) is 0 Å². The maximum absolute atomic E-state index is 12.1. The fourth-order valence-corrected chi connectivity index (χ4v) is 8.12. The maximum Gasteiger partial charge on any atom is 0.407 e. The van der Waals surface area contributed by atoms with E-state index >= 15 is 0 Å². The lowest BCUT2D eigenvalue weighted by atomic mass is 10.2. The van der Waals surface area contributed by atoms with Gasteiger partial charge in [-0.05, 0) is 95.0 Å².